The van der Waals surface area contributed by atoms with Gasteiger partial charge in [-0.05, 0) is 30.5 Å². The van der Waals surface area contributed by atoms with Gasteiger partial charge in [-0.2, -0.15) is 10.1 Å². The second-order valence-electron chi connectivity index (χ2n) is 5.55. The Hall–Kier alpha value is -2.37. The quantitative estimate of drug-likeness (QED) is 0.899. The zero-order valence-electron chi connectivity index (χ0n) is 11.7. The molecule has 108 valence electrons. The first kappa shape index (κ1) is 12.4. The minimum absolute atomic E-state index is 0.0324. The highest BCUT2D eigenvalue weighted by Crippen LogP contribution is 2.41. The van der Waals surface area contributed by atoms with E-state index in [4.69, 9.17) is 4.74 Å². The molecule has 0 saturated heterocycles. The number of benzene rings is 1. The van der Waals surface area contributed by atoms with Crippen LogP contribution in [-0.2, 0) is 0 Å². The van der Waals surface area contributed by atoms with Gasteiger partial charge in [-0.25, -0.2) is 4.98 Å². The third-order valence-electron chi connectivity index (χ3n) is 4.03. The van der Waals surface area contributed by atoms with E-state index in [2.05, 4.69) is 20.5 Å². The van der Waals surface area contributed by atoms with Crippen molar-refractivity contribution in [2.45, 2.75) is 24.7 Å². The molecule has 1 unspecified atom stereocenters. The van der Waals surface area contributed by atoms with Crippen LogP contribution in [-0.4, -0.2) is 34.9 Å². The molecular formula is C15H16N4O2. The zero-order chi connectivity index (χ0) is 14.4. The lowest BCUT2D eigenvalue weighted by Gasteiger charge is -2.13. The predicted molar refractivity (Wildman–Crippen MR) is 79.0 cm³/mol. The predicted octanol–water partition coefficient (Wildman–Crippen LogP) is 1.89. The van der Waals surface area contributed by atoms with E-state index in [1.54, 1.807) is 7.11 Å². The highest BCUT2D eigenvalue weighted by atomic mass is 16.5. The number of nitrogens with zero attached hydrogens (tertiary/aromatic N) is 3. The van der Waals surface area contributed by atoms with Crippen molar-refractivity contribution in [2.75, 3.05) is 13.7 Å². The van der Waals surface area contributed by atoms with Gasteiger partial charge in [0, 0.05) is 24.6 Å². The fourth-order valence-corrected chi connectivity index (χ4v) is 2.67. The summed E-state index contributed by atoms with van der Waals surface area (Å²) in [6.07, 6.45) is 4.04. The minimum Gasteiger partial charge on any atom is -0.494 e. The molecule has 1 atom stereocenters. The van der Waals surface area contributed by atoms with E-state index in [1.807, 2.05) is 18.3 Å². The van der Waals surface area contributed by atoms with Gasteiger partial charge in [0.15, 0.2) is 0 Å². The Balaban J connectivity index is 1.90. The van der Waals surface area contributed by atoms with Crippen molar-refractivity contribution in [2.24, 2.45) is 5.10 Å². The van der Waals surface area contributed by atoms with Gasteiger partial charge in [-0.1, -0.05) is 0 Å². The Morgan fingerprint density at radius 3 is 2.81 bits per heavy atom. The molecule has 1 aromatic carbocycles. The normalized spacial score (nSPS) is 20.7. The number of aromatic hydroxyl groups is 1. The van der Waals surface area contributed by atoms with Crippen molar-refractivity contribution in [3.8, 4) is 11.6 Å². The summed E-state index contributed by atoms with van der Waals surface area (Å²) in [5.41, 5.74) is 4.65. The van der Waals surface area contributed by atoms with Crippen LogP contribution in [0.15, 0.2) is 17.2 Å². The van der Waals surface area contributed by atoms with Crippen molar-refractivity contribution in [1.29, 1.82) is 0 Å². The van der Waals surface area contributed by atoms with Crippen molar-refractivity contribution < 1.29 is 9.84 Å². The summed E-state index contributed by atoms with van der Waals surface area (Å²) in [7, 11) is 1.62. The molecule has 4 rings (SSSR count). The molecule has 0 radical (unpaired) electrons. The first-order valence-corrected chi connectivity index (χ1v) is 7.11. The van der Waals surface area contributed by atoms with E-state index >= 15 is 0 Å². The Bertz CT molecular complexity index is 740. The SMILES string of the molecule is COc1cc(C2C=NNC2)cc2c(O)nc(C3CC3)nc12. The van der Waals surface area contributed by atoms with Gasteiger partial charge in [0.1, 0.15) is 17.1 Å². The van der Waals surface area contributed by atoms with Gasteiger partial charge >= 0.3 is 0 Å². The van der Waals surface area contributed by atoms with Crippen molar-refractivity contribution in [3.63, 3.8) is 0 Å². The molecule has 6 heteroatoms. The van der Waals surface area contributed by atoms with Crippen LogP contribution in [0.25, 0.3) is 10.9 Å². The lowest BCUT2D eigenvalue weighted by molar-refractivity contribution is 0.417. The van der Waals surface area contributed by atoms with Gasteiger partial charge < -0.3 is 15.3 Å². The molecule has 1 fully saturated rings. The van der Waals surface area contributed by atoms with Crippen LogP contribution in [0.2, 0.25) is 0 Å². The van der Waals surface area contributed by atoms with Crippen LogP contribution >= 0.6 is 0 Å². The highest BCUT2D eigenvalue weighted by Gasteiger charge is 2.28. The first-order chi connectivity index (χ1) is 10.3. The zero-order valence-corrected chi connectivity index (χ0v) is 11.7. The monoisotopic (exact) mass is 284 g/mol. The number of ether oxygens (including phenoxy) is 1. The number of aromatic nitrogens is 2. The Morgan fingerprint density at radius 2 is 2.14 bits per heavy atom. The van der Waals surface area contributed by atoms with Crippen LogP contribution < -0.4 is 10.2 Å². The summed E-state index contributed by atoms with van der Waals surface area (Å²) in [5.74, 6) is 1.98. The summed E-state index contributed by atoms with van der Waals surface area (Å²) in [5, 5.41) is 14.9. The minimum atomic E-state index is 0.0324. The number of rotatable bonds is 3. The van der Waals surface area contributed by atoms with E-state index in [0.29, 0.717) is 22.6 Å². The van der Waals surface area contributed by atoms with E-state index in [0.717, 1.165) is 30.8 Å². The summed E-state index contributed by atoms with van der Waals surface area (Å²) >= 11 is 0. The summed E-state index contributed by atoms with van der Waals surface area (Å²) in [6.45, 7) is 0.746. The Kier molecular flexibility index (Phi) is 2.70. The first-order valence-electron chi connectivity index (χ1n) is 7.11. The standard InChI is InChI=1S/C15H16N4O2/c1-21-12-5-9(10-6-16-17-7-10)4-11-13(12)18-14(8-2-3-8)19-15(11)20/h4-6,8,10,17H,2-3,7H2,1H3,(H,18,19,20). The lowest BCUT2D eigenvalue weighted by atomic mass is 9.98. The molecule has 0 spiro atoms. The molecule has 1 saturated carbocycles. The number of nitrogens with one attached hydrogen (secondary N) is 1. The van der Waals surface area contributed by atoms with Crippen molar-refractivity contribution in [3.05, 3.63) is 23.5 Å². The van der Waals surface area contributed by atoms with E-state index in [1.165, 1.54) is 0 Å². The Labute approximate surface area is 121 Å². The largest absolute Gasteiger partial charge is 0.494 e. The van der Waals surface area contributed by atoms with Gasteiger partial charge in [0.2, 0.25) is 5.88 Å². The smallest absolute Gasteiger partial charge is 0.222 e. The van der Waals surface area contributed by atoms with E-state index in [-0.39, 0.29) is 11.8 Å². The molecule has 1 aromatic heterocycles. The third kappa shape index (κ3) is 2.07. The summed E-state index contributed by atoms with van der Waals surface area (Å²) < 4.78 is 5.47. The third-order valence-corrected chi connectivity index (χ3v) is 4.03. The molecule has 6 nitrogen and oxygen atoms in total. The molecule has 2 aliphatic rings. The van der Waals surface area contributed by atoms with Crippen LogP contribution in [0.5, 0.6) is 11.6 Å². The van der Waals surface area contributed by atoms with Gasteiger partial charge in [0.25, 0.3) is 0 Å². The van der Waals surface area contributed by atoms with Crippen LogP contribution in [0, 0.1) is 0 Å². The maximum Gasteiger partial charge on any atom is 0.222 e. The number of hydrazone groups is 1. The molecule has 2 aromatic rings. The number of hydrogen-bond acceptors (Lipinski definition) is 6. The van der Waals surface area contributed by atoms with Crippen LogP contribution in [0.4, 0.5) is 0 Å². The topological polar surface area (TPSA) is 79.6 Å². The number of methoxy groups -OCH3 is 1. The van der Waals surface area contributed by atoms with Gasteiger partial charge in [0.05, 0.1) is 12.5 Å². The molecule has 2 N–H and O–H groups in total. The maximum atomic E-state index is 10.3. The molecule has 2 heterocycles. The molecule has 0 amide bonds. The molecule has 0 bridgehead atoms. The van der Waals surface area contributed by atoms with Crippen molar-refractivity contribution in [1.82, 2.24) is 15.4 Å². The summed E-state index contributed by atoms with van der Waals surface area (Å²) in [4.78, 5) is 8.84. The average Bonchev–Trinajstić information content (AvgIpc) is 3.21. The summed E-state index contributed by atoms with van der Waals surface area (Å²) in [6, 6.07) is 3.89. The van der Waals surface area contributed by atoms with Crippen molar-refractivity contribution >= 4 is 17.1 Å². The van der Waals surface area contributed by atoms with E-state index in [9.17, 15) is 5.11 Å². The highest BCUT2D eigenvalue weighted by molar-refractivity contribution is 5.90. The molecule has 1 aliphatic heterocycles. The number of fused-ring (bicyclic) bond motifs is 1. The van der Waals surface area contributed by atoms with Crippen LogP contribution in [0.1, 0.15) is 36.1 Å². The second kappa shape index (κ2) is 4.58. The van der Waals surface area contributed by atoms with Gasteiger partial charge in [-0.3, -0.25) is 0 Å². The van der Waals surface area contributed by atoms with Crippen LogP contribution in [0.3, 0.4) is 0 Å². The molecular weight excluding hydrogens is 268 g/mol. The molecule has 21 heavy (non-hydrogen) atoms. The average molecular weight is 284 g/mol. The fourth-order valence-electron chi connectivity index (χ4n) is 2.67. The van der Waals surface area contributed by atoms with E-state index < -0.39 is 0 Å². The van der Waals surface area contributed by atoms with Gasteiger partial charge in [-0.15, -0.1) is 0 Å². The number of hydrogen-bond donors (Lipinski definition) is 2. The Morgan fingerprint density at radius 1 is 1.29 bits per heavy atom. The lowest BCUT2D eigenvalue weighted by Crippen LogP contribution is -2.09. The molecule has 1 aliphatic carbocycles. The maximum absolute atomic E-state index is 10.3. The fraction of sp³-hybridized carbons (Fsp3) is 0.400. The second-order valence-corrected chi connectivity index (χ2v) is 5.55.